The van der Waals surface area contributed by atoms with E-state index in [0.29, 0.717) is 16.7 Å². The lowest BCUT2D eigenvalue weighted by atomic mass is 10.3. The number of hydrogen-bond donors (Lipinski definition) is 2. The van der Waals surface area contributed by atoms with Gasteiger partial charge in [-0.1, -0.05) is 23.2 Å². The zero-order valence-corrected chi connectivity index (χ0v) is 17.2. The van der Waals surface area contributed by atoms with Crippen molar-refractivity contribution < 1.29 is 0 Å². The quantitative estimate of drug-likeness (QED) is 0.279. The summed E-state index contributed by atoms with van der Waals surface area (Å²) >= 11 is 13.9. The number of halogens is 3. The Hall–Kier alpha value is 0.210. The van der Waals surface area contributed by atoms with Crippen LogP contribution in [0.15, 0.2) is 11.1 Å². The van der Waals surface area contributed by atoms with Gasteiger partial charge in [0.1, 0.15) is 5.15 Å². The molecule has 2 N–H and O–H groups in total. The molecule has 0 bridgehead atoms. The normalized spacial score (nSPS) is 11.2. The van der Waals surface area contributed by atoms with Crippen LogP contribution >= 0.6 is 58.9 Å². The minimum Gasteiger partial charge on any atom is -0.356 e. The molecule has 0 aliphatic rings. The maximum atomic E-state index is 6.04. The largest absolute Gasteiger partial charge is 0.356 e. The number of nitrogens with zero attached hydrogens (tertiary/aromatic N) is 2. The first-order valence-corrected chi connectivity index (χ1v) is 8.68. The summed E-state index contributed by atoms with van der Waals surface area (Å²) in [7, 11) is 3.66. The molecule has 0 aliphatic carbocycles. The standard InChI is InChI=1S/C13H22Cl2N4S.HI/c1-16-13(17-6-4-5-7-20-3)18-9-10-8-11(14)12(15)19(10)2;/h8H,4-7,9H2,1-3H3,(H2,16,17,18);1H. The molecule has 4 nitrogen and oxygen atoms in total. The van der Waals surface area contributed by atoms with Crippen molar-refractivity contribution in [3.63, 3.8) is 0 Å². The highest BCUT2D eigenvalue weighted by molar-refractivity contribution is 14.0. The maximum absolute atomic E-state index is 6.04. The second-order valence-electron chi connectivity index (χ2n) is 4.39. The van der Waals surface area contributed by atoms with Gasteiger partial charge < -0.3 is 15.2 Å². The van der Waals surface area contributed by atoms with Crippen LogP contribution in [0.25, 0.3) is 0 Å². The Morgan fingerprint density at radius 1 is 1.33 bits per heavy atom. The summed E-state index contributed by atoms with van der Waals surface area (Å²) in [4.78, 5) is 4.19. The molecule has 0 radical (unpaired) electrons. The number of nitrogens with one attached hydrogen (secondary N) is 2. The molecule has 122 valence electrons. The summed E-state index contributed by atoms with van der Waals surface area (Å²) in [5.74, 6) is 2.00. The van der Waals surface area contributed by atoms with Crippen molar-refractivity contribution in [2.24, 2.45) is 12.0 Å². The van der Waals surface area contributed by atoms with E-state index in [-0.39, 0.29) is 24.0 Å². The van der Waals surface area contributed by atoms with Crippen molar-refractivity contribution in [1.29, 1.82) is 0 Å². The fourth-order valence-electron chi connectivity index (χ4n) is 1.73. The third-order valence-electron chi connectivity index (χ3n) is 2.94. The fourth-order valence-corrected chi connectivity index (χ4v) is 2.64. The first-order valence-electron chi connectivity index (χ1n) is 6.53. The summed E-state index contributed by atoms with van der Waals surface area (Å²) in [5.41, 5.74) is 1.02. The molecule has 1 aromatic heterocycles. The number of unbranched alkanes of at least 4 members (excludes halogenated alkanes) is 1. The Kier molecular flexibility index (Phi) is 11.9. The topological polar surface area (TPSA) is 41.4 Å². The summed E-state index contributed by atoms with van der Waals surface area (Å²) < 4.78 is 1.86. The van der Waals surface area contributed by atoms with E-state index in [9.17, 15) is 0 Å². The van der Waals surface area contributed by atoms with E-state index < -0.39 is 0 Å². The predicted octanol–water partition coefficient (Wildman–Crippen LogP) is 3.76. The molecule has 1 aromatic rings. The zero-order valence-electron chi connectivity index (χ0n) is 12.6. The maximum Gasteiger partial charge on any atom is 0.191 e. The first kappa shape index (κ1) is 21.2. The molecular weight excluding hydrogens is 442 g/mol. The molecular formula is C13H23Cl2IN4S. The third-order valence-corrected chi connectivity index (χ3v) is 4.48. The van der Waals surface area contributed by atoms with Crippen LogP contribution in [0.2, 0.25) is 10.2 Å². The van der Waals surface area contributed by atoms with Crippen LogP contribution in [0, 0.1) is 0 Å². The molecule has 0 spiro atoms. The van der Waals surface area contributed by atoms with Crippen LogP contribution in [0.4, 0.5) is 0 Å². The fraction of sp³-hybridized carbons (Fsp3) is 0.615. The van der Waals surface area contributed by atoms with Gasteiger partial charge in [0.05, 0.1) is 11.6 Å². The molecule has 0 aromatic carbocycles. The highest BCUT2D eigenvalue weighted by atomic mass is 127. The van der Waals surface area contributed by atoms with Gasteiger partial charge in [-0.25, -0.2) is 0 Å². The van der Waals surface area contributed by atoms with E-state index in [1.165, 1.54) is 12.2 Å². The lowest BCUT2D eigenvalue weighted by Gasteiger charge is -2.12. The van der Waals surface area contributed by atoms with Crippen LogP contribution in [-0.2, 0) is 13.6 Å². The van der Waals surface area contributed by atoms with Crippen LogP contribution < -0.4 is 10.6 Å². The van der Waals surface area contributed by atoms with E-state index in [2.05, 4.69) is 21.9 Å². The molecule has 0 amide bonds. The molecule has 0 unspecified atom stereocenters. The minimum absolute atomic E-state index is 0. The number of aliphatic imine (C=N–C) groups is 1. The Balaban J connectivity index is 0.00000400. The average molecular weight is 465 g/mol. The lowest BCUT2D eigenvalue weighted by molar-refractivity contribution is 0.717. The van der Waals surface area contributed by atoms with E-state index >= 15 is 0 Å². The van der Waals surface area contributed by atoms with E-state index in [1.807, 2.05) is 29.4 Å². The summed E-state index contributed by atoms with van der Waals surface area (Å²) in [6, 6.07) is 1.86. The molecule has 0 saturated heterocycles. The lowest BCUT2D eigenvalue weighted by Crippen LogP contribution is -2.37. The number of thioether (sulfide) groups is 1. The Morgan fingerprint density at radius 2 is 2.05 bits per heavy atom. The van der Waals surface area contributed by atoms with E-state index in [0.717, 1.165) is 24.6 Å². The Bertz CT molecular complexity index is 452. The average Bonchev–Trinajstić information content (AvgIpc) is 2.69. The molecule has 0 aliphatic heterocycles. The van der Waals surface area contributed by atoms with Crippen molar-refractivity contribution in [2.45, 2.75) is 19.4 Å². The van der Waals surface area contributed by atoms with Gasteiger partial charge in [-0.3, -0.25) is 4.99 Å². The summed E-state index contributed by atoms with van der Waals surface area (Å²) in [6.07, 6.45) is 4.49. The second-order valence-corrected chi connectivity index (χ2v) is 6.14. The van der Waals surface area contributed by atoms with Gasteiger partial charge in [0, 0.05) is 26.3 Å². The van der Waals surface area contributed by atoms with Gasteiger partial charge in [-0.05, 0) is 30.9 Å². The highest BCUT2D eigenvalue weighted by Crippen LogP contribution is 2.24. The van der Waals surface area contributed by atoms with Crippen LogP contribution in [-0.4, -0.2) is 36.1 Å². The number of guanidine groups is 1. The molecule has 0 atom stereocenters. The van der Waals surface area contributed by atoms with Gasteiger partial charge in [-0.2, -0.15) is 11.8 Å². The molecule has 0 fully saturated rings. The Labute approximate surface area is 158 Å². The predicted molar refractivity (Wildman–Crippen MR) is 107 cm³/mol. The van der Waals surface area contributed by atoms with Crippen molar-refractivity contribution in [2.75, 3.05) is 25.6 Å². The number of hydrogen-bond acceptors (Lipinski definition) is 2. The summed E-state index contributed by atoms with van der Waals surface area (Å²) in [5, 5.41) is 7.68. The molecule has 0 saturated carbocycles. The molecule has 8 heteroatoms. The smallest absolute Gasteiger partial charge is 0.191 e. The molecule has 1 heterocycles. The van der Waals surface area contributed by atoms with Crippen molar-refractivity contribution in [1.82, 2.24) is 15.2 Å². The van der Waals surface area contributed by atoms with Crippen LogP contribution in [0.5, 0.6) is 0 Å². The van der Waals surface area contributed by atoms with Gasteiger partial charge >= 0.3 is 0 Å². The zero-order chi connectivity index (χ0) is 15.0. The van der Waals surface area contributed by atoms with E-state index in [1.54, 1.807) is 7.05 Å². The number of aromatic nitrogens is 1. The van der Waals surface area contributed by atoms with Gasteiger partial charge in [0.25, 0.3) is 0 Å². The van der Waals surface area contributed by atoms with Gasteiger partial charge in [-0.15, -0.1) is 24.0 Å². The van der Waals surface area contributed by atoms with Crippen molar-refractivity contribution >= 4 is 64.9 Å². The molecule has 1 rings (SSSR count). The summed E-state index contributed by atoms with van der Waals surface area (Å²) in [6.45, 7) is 1.56. The SMILES string of the molecule is CN=C(NCCCCSC)NCc1cc(Cl)c(Cl)n1C.I. The monoisotopic (exact) mass is 464 g/mol. The molecule has 21 heavy (non-hydrogen) atoms. The Morgan fingerprint density at radius 3 is 2.57 bits per heavy atom. The van der Waals surface area contributed by atoms with Gasteiger partial charge in [0.15, 0.2) is 5.96 Å². The van der Waals surface area contributed by atoms with E-state index in [4.69, 9.17) is 23.2 Å². The van der Waals surface area contributed by atoms with Crippen LogP contribution in [0.3, 0.4) is 0 Å². The van der Waals surface area contributed by atoms with Crippen molar-refractivity contribution in [3.8, 4) is 0 Å². The first-order chi connectivity index (χ1) is 9.60. The second kappa shape index (κ2) is 11.7. The van der Waals surface area contributed by atoms with Crippen molar-refractivity contribution in [3.05, 3.63) is 21.9 Å². The van der Waals surface area contributed by atoms with Gasteiger partial charge in [0.2, 0.25) is 0 Å². The number of rotatable bonds is 7. The third kappa shape index (κ3) is 7.34. The highest BCUT2D eigenvalue weighted by Gasteiger charge is 2.09. The van der Waals surface area contributed by atoms with Crippen LogP contribution in [0.1, 0.15) is 18.5 Å². The minimum atomic E-state index is 0.